The Morgan fingerprint density at radius 3 is 2.67 bits per heavy atom. The first-order valence-corrected chi connectivity index (χ1v) is 5.79. The first-order chi connectivity index (χ1) is 6.88. The van der Waals surface area contributed by atoms with Gasteiger partial charge in [0.05, 0.1) is 12.1 Å². The minimum absolute atomic E-state index is 0.0559. The van der Waals surface area contributed by atoms with Gasteiger partial charge in [-0.25, -0.2) is 0 Å². The van der Waals surface area contributed by atoms with Gasteiger partial charge in [-0.3, -0.25) is 4.79 Å². The van der Waals surface area contributed by atoms with Crippen molar-refractivity contribution in [3.63, 3.8) is 0 Å². The molecular formula is C12H23NO2. The Labute approximate surface area is 92.6 Å². The topological polar surface area (TPSA) is 38.3 Å². The maximum atomic E-state index is 11.7. The molecule has 0 bridgehead atoms. The van der Waals surface area contributed by atoms with E-state index < -0.39 is 0 Å². The molecule has 1 heterocycles. The Balaban J connectivity index is 2.30. The van der Waals surface area contributed by atoms with Gasteiger partial charge in [-0.1, -0.05) is 20.8 Å². The minimum atomic E-state index is 0.0559. The number of hydrogen-bond acceptors (Lipinski definition) is 2. The molecule has 1 rings (SSSR count). The van der Waals surface area contributed by atoms with E-state index in [2.05, 4.69) is 26.1 Å². The van der Waals surface area contributed by atoms with Crippen LogP contribution in [-0.2, 0) is 9.53 Å². The van der Waals surface area contributed by atoms with Crippen molar-refractivity contribution in [3.05, 3.63) is 0 Å². The number of carbonyl (C=O) groups excluding carboxylic acids is 1. The van der Waals surface area contributed by atoms with E-state index in [-0.39, 0.29) is 23.5 Å². The lowest BCUT2D eigenvalue weighted by molar-refractivity contribution is -0.124. The van der Waals surface area contributed by atoms with Gasteiger partial charge in [-0.05, 0) is 25.2 Å². The maximum Gasteiger partial charge on any atom is 0.220 e. The summed E-state index contributed by atoms with van der Waals surface area (Å²) in [5.74, 6) is 0.130. The van der Waals surface area contributed by atoms with Gasteiger partial charge in [0.2, 0.25) is 5.91 Å². The number of nitrogens with one attached hydrogen (secondary N) is 1. The molecule has 15 heavy (non-hydrogen) atoms. The molecule has 1 saturated heterocycles. The predicted octanol–water partition coefficient (Wildman–Crippen LogP) is 2.11. The van der Waals surface area contributed by atoms with Crippen molar-refractivity contribution in [1.29, 1.82) is 0 Å². The first-order valence-electron chi connectivity index (χ1n) is 5.79. The number of ether oxygens (including phenoxy) is 1. The minimum Gasteiger partial charge on any atom is -0.376 e. The molecule has 0 unspecified atom stereocenters. The van der Waals surface area contributed by atoms with Crippen molar-refractivity contribution in [3.8, 4) is 0 Å². The van der Waals surface area contributed by atoms with E-state index in [0.717, 1.165) is 19.4 Å². The SMILES string of the molecule is C[C@H](NC(=O)CC(C)(C)C)[C@H]1CCCO1. The van der Waals surface area contributed by atoms with Gasteiger partial charge in [0, 0.05) is 13.0 Å². The number of rotatable bonds is 3. The van der Waals surface area contributed by atoms with E-state index in [9.17, 15) is 4.79 Å². The fourth-order valence-electron chi connectivity index (χ4n) is 1.88. The van der Waals surface area contributed by atoms with Crippen LogP contribution < -0.4 is 5.32 Å². The second-order valence-corrected chi connectivity index (χ2v) is 5.65. The molecule has 0 aliphatic carbocycles. The molecule has 88 valence electrons. The van der Waals surface area contributed by atoms with Crippen LogP contribution in [0.15, 0.2) is 0 Å². The monoisotopic (exact) mass is 213 g/mol. The molecule has 0 spiro atoms. The zero-order valence-electron chi connectivity index (χ0n) is 10.3. The van der Waals surface area contributed by atoms with E-state index in [0.29, 0.717) is 6.42 Å². The van der Waals surface area contributed by atoms with Crippen molar-refractivity contribution in [2.75, 3.05) is 6.61 Å². The van der Waals surface area contributed by atoms with Crippen molar-refractivity contribution >= 4 is 5.91 Å². The summed E-state index contributed by atoms with van der Waals surface area (Å²) in [4.78, 5) is 11.7. The quantitative estimate of drug-likeness (QED) is 0.779. The van der Waals surface area contributed by atoms with E-state index in [1.165, 1.54) is 0 Å². The van der Waals surface area contributed by atoms with Gasteiger partial charge in [0.15, 0.2) is 0 Å². The van der Waals surface area contributed by atoms with Gasteiger partial charge < -0.3 is 10.1 Å². The third-order valence-electron chi connectivity index (χ3n) is 2.60. The summed E-state index contributed by atoms with van der Waals surface area (Å²) >= 11 is 0. The lowest BCUT2D eigenvalue weighted by Crippen LogP contribution is -2.41. The first kappa shape index (κ1) is 12.5. The third kappa shape index (κ3) is 4.65. The summed E-state index contributed by atoms with van der Waals surface area (Å²) < 4.78 is 5.53. The molecule has 1 amide bonds. The van der Waals surface area contributed by atoms with Crippen LogP contribution in [0.5, 0.6) is 0 Å². The summed E-state index contributed by atoms with van der Waals surface area (Å²) in [6.45, 7) is 9.08. The van der Waals surface area contributed by atoms with Crippen LogP contribution >= 0.6 is 0 Å². The zero-order valence-corrected chi connectivity index (χ0v) is 10.3. The summed E-state index contributed by atoms with van der Waals surface area (Å²) in [6.07, 6.45) is 2.97. The van der Waals surface area contributed by atoms with Gasteiger partial charge >= 0.3 is 0 Å². The normalized spacial score (nSPS) is 23.9. The highest BCUT2D eigenvalue weighted by atomic mass is 16.5. The molecule has 0 aromatic rings. The van der Waals surface area contributed by atoms with E-state index in [1.54, 1.807) is 0 Å². The van der Waals surface area contributed by atoms with E-state index in [4.69, 9.17) is 4.74 Å². The highest BCUT2D eigenvalue weighted by Gasteiger charge is 2.25. The highest BCUT2D eigenvalue weighted by molar-refractivity contribution is 5.76. The average Bonchev–Trinajstić information content (AvgIpc) is 2.50. The lowest BCUT2D eigenvalue weighted by atomic mass is 9.92. The summed E-state index contributed by atoms with van der Waals surface area (Å²) in [5, 5.41) is 3.01. The molecule has 0 saturated carbocycles. The molecule has 1 aliphatic heterocycles. The molecule has 0 aromatic carbocycles. The molecule has 0 aromatic heterocycles. The lowest BCUT2D eigenvalue weighted by Gasteiger charge is -2.23. The van der Waals surface area contributed by atoms with Crippen LogP contribution in [0, 0.1) is 5.41 Å². The third-order valence-corrected chi connectivity index (χ3v) is 2.60. The van der Waals surface area contributed by atoms with Crippen molar-refractivity contribution in [2.24, 2.45) is 5.41 Å². The van der Waals surface area contributed by atoms with Gasteiger partial charge in [-0.15, -0.1) is 0 Å². The maximum absolute atomic E-state index is 11.7. The predicted molar refractivity (Wildman–Crippen MR) is 60.7 cm³/mol. The largest absolute Gasteiger partial charge is 0.376 e. The summed E-state index contributed by atoms with van der Waals surface area (Å²) in [6, 6.07) is 0.141. The standard InChI is InChI=1S/C12H23NO2/c1-9(10-6-5-7-15-10)13-11(14)8-12(2,3)4/h9-10H,5-8H2,1-4H3,(H,13,14)/t9-,10+/m0/s1. The number of hydrogen-bond donors (Lipinski definition) is 1. The number of amides is 1. The molecule has 3 nitrogen and oxygen atoms in total. The smallest absolute Gasteiger partial charge is 0.220 e. The average molecular weight is 213 g/mol. The summed E-state index contributed by atoms with van der Waals surface area (Å²) in [7, 11) is 0. The van der Waals surface area contributed by atoms with Crippen LogP contribution in [0.4, 0.5) is 0 Å². The molecule has 1 fully saturated rings. The van der Waals surface area contributed by atoms with Crippen LogP contribution in [0.25, 0.3) is 0 Å². The fourth-order valence-corrected chi connectivity index (χ4v) is 1.88. The van der Waals surface area contributed by atoms with Crippen molar-refractivity contribution < 1.29 is 9.53 Å². The van der Waals surface area contributed by atoms with Crippen LogP contribution in [0.2, 0.25) is 0 Å². The Kier molecular flexibility index (Phi) is 4.14. The Bertz CT molecular complexity index is 214. The molecule has 3 heteroatoms. The van der Waals surface area contributed by atoms with Crippen LogP contribution in [0.1, 0.15) is 47.0 Å². The molecule has 1 aliphatic rings. The Hall–Kier alpha value is -0.570. The summed E-state index contributed by atoms with van der Waals surface area (Å²) in [5.41, 5.74) is 0.0559. The Morgan fingerprint density at radius 1 is 1.53 bits per heavy atom. The molecule has 1 N–H and O–H groups in total. The Morgan fingerprint density at radius 2 is 2.20 bits per heavy atom. The highest BCUT2D eigenvalue weighted by Crippen LogP contribution is 2.19. The van der Waals surface area contributed by atoms with Crippen molar-refractivity contribution in [1.82, 2.24) is 5.32 Å². The van der Waals surface area contributed by atoms with E-state index in [1.807, 2.05) is 6.92 Å². The van der Waals surface area contributed by atoms with Gasteiger partial charge in [0.1, 0.15) is 0 Å². The van der Waals surface area contributed by atoms with Gasteiger partial charge in [-0.2, -0.15) is 0 Å². The second-order valence-electron chi connectivity index (χ2n) is 5.65. The molecule has 2 atom stereocenters. The second kappa shape index (κ2) is 4.97. The van der Waals surface area contributed by atoms with Gasteiger partial charge in [0.25, 0.3) is 0 Å². The van der Waals surface area contributed by atoms with Crippen LogP contribution in [-0.4, -0.2) is 24.7 Å². The molecular weight excluding hydrogens is 190 g/mol. The van der Waals surface area contributed by atoms with Crippen molar-refractivity contribution in [2.45, 2.75) is 59.1 Å². The fraction of sp³-hybridized carbons (Fsp3) is 0.917. The number of carbonyl (C=O) groups is 1. The van der Waals surface area contributed by atoms with E-state index >= 15 is 0 Å². The molecule has 0 radical (unpaired) electrons. The zero-order chi connectivity index (χ0) is 11.5. The van der Waals surface area contributed by atoms with Crippen LogP contribution in [0.3, 0.4) is 0 Å².